The van der Waals surface area contributed by atoms with Crippen molar-refractivity contribution >= 4 is 12.2 Å². The number of allylic oxidation sites excluding steroid dienone is 2. The molecule has 0 N–H and O–H groups in total. The molecule has 3 nitrogen and oxygen atoms in total. The fourth-order valence-corrected chi connectivity index (χ4v) is 5.19. The van der Waals surface area contributed by atoms with Crippen molar-refractivity contribution in [2.75, 3.05) is 26.2 Å². The highest BCUT2D eigenvalue weighted by Gasteiger charge is 2.27. The molecule has 1 saturated heterocycles. The summed E-state index contributed by atoms with van der Waals surface area (Å²) in [5, 5.41) is 2.42. The lowest BCUT2D eigenvalue weighted by atomic mass is 9.96. The van der Waals surface area contributed by atoms with E-state index < -0.39 is 0 Å². The SMILES string of the molecule is CCCN(CC)C1CCN(C(C)c2cc(-c3ccccc3)nc3c2=CCC=CC=3)CC1. The largest absolute Gasteiger partial charge is 0.301 e. The maximum absolute atomic E-state index is 5.04. The zero-order chi connectivity index (χ0) is 21.6. The van der Waals surface area contributed by atoms with Crippen molar-refractivity contribution in [3.63, 3.8) is 0 Å². The molecule has 31 heavy (non-hydrogen) atoms. The summed E-state index contributed by atoms with van der Waals surface area (Å²) in [7, 11) is 0. The number of hydrogen-bond donors (Lipinski definition) is 0. The molecule has 0 bridgehead atoms. The molecule has 164 valence electrons. The number of nitrogens with zero attached hydrogens (tertiary/aromatic N) is 3. The maximum atomic E-state index is 5.04. The Morgan fingerprint density at radius 3 is 2.61 bits per heavy atom. The van der Waals surface area contributed by atoms with Gasteiger partial charge in [-0.15, -0.1) is 0 Å². The van der Waals surface area contributed by atoms with E-state index in [4.69, 9.17) is 4.98 Å². The lowest BCUT2D eigenvalue weighted by molar-refractivity contribution is 0.0904. The molecule has 1 aliphatic carbocycles. The molecule has 1 aromatic heterocycles. The van der Waals surface area contributed by atoms with E-state index in [-0.39, 0.29) is 0 Å². The Morgan fingerprint density at radius 1 is 1.13 bits per heavy atom. The first-order valence-corrected chi connectivity index (χ1v) is 12.1. The van der Waals surface area contributed by atoms with Gasteiger partial charge in [-0.2, -0.15) is 0 Å². The molecule has 4 rings (SSSR count). The molecule has 1 aliphatic heterocycles. The third-order valence-electron chi connectivity index (χ3n) is 6.97. The molecular weight excluding hydrogens is 378 g/mol. The second-order valence-electron chi connectivity index (χ2n) is 8.87. The third-order valence-corrected chi connectivity index (χ3v) is 6.97. The Bertz CT molecular complexity index is 1000. The van der Waals surface area contributed by atoms with Gasteiger partial charge in [0.05, 0.1) is 11.0 Å². The standard InChI is InChI=1S/C28H37N3/c1-4-18-30(5-2)24-16-19-31(20-17-24)22(3)26-21-28(23-12-8-6-9-13-23)29-27-15-11-7-10-14-25(26)27/h6-9,11-15,21-22,24H,4-5,10,16-20H2,1-3H3. The highest BCUT2D eigenvalue weighted by molar-refractivity contribution is 5.61. The summed E-state index contributed by atoms with van der Waals surface area (Å²) in [6.45, 7) is 11.7. The van der Waals surface area contributed by atoms with Gasteiger partial charge in [0, 0.05) is 36.0 Å². The Morgan fingerprint density at radius 2 is 1.90 bits per heavy atom. The van der Waals surface area contributed by atoms with Crippen LogP contribution in [0.5, 0.6) is 0 Å². The Balaban J connectivity index is 1.63. The second kappa shape index (κ2) is 10.4. The maximum Gasteiger partial charge on any atom is 0.0713 e. The number of fused-ring (bicyclic) bond motifs is 1. The van der Waals surface area contributed by atoms with Gasteiger partial charge in [0.15, 0.2) is 0 Å². The van der Waals surface area contributed by atoms with E-state index >= 15 is 0 Å². The summed E-state index contributed by atoms with van der Waals surface area (Å²) in [4.78, 5) is 10.4. The van der Waals surface area contributed by atoms with Crippen LogP contribution in [0.4, 0.5) is 0 Å². The number of likely N-dealkylation sites (tertiary alicyclic amines) is 1. The molecule has 2 aliphatic rings. The van der Waals surface area contributed by atoms with E-state index in [0.29, 0.717) is 6.04 Å². The quantitative estimate of drug-likeness (QED) is 0.662. The lowest BCUT2D eigenvalue weighted by Crippen LogP contribution is -2.47. The topological polar surface area (TPSA) is 19.4 Å². The Hall–Kier alpha value is -2.23. The summed E-state index contributed by atoms with van der Waals surface area (Å²) in [5.74, 6) is 0. The summed E-state index contributed by atoms with van der Waals surface area (Å²) >= 11 is 0. The molecule has 1 aromatic carbocycles. The van der Waals surface area contributed by atoms with Crippen molar-refractivity contribution in [2.24, 2.45) is 0 Å². The highest BCUT2D eigenvalue weighted by atomic mass is 15.2. The van der Waals surface area contributed by atoms with E-state index in [9.17, 15) is 0 Å². The molecule has 3 heteroatoms. The summed E-state index contributed by atoms with van der Waals surface area (Å²) in [5.41, 5.74) is 3.69. The molecule has 1 fully saturated rings. The number of rotatable bonds is 7. The van der Waals surface area contributed by atoms with Gasteiger partial charge in [-0.25, -0.2) is 4.98 Å². The van der Waals surface area contributed by atoms with Crippen LogP contribution in [0, 0.1) is 0 Å². The van der Waals surface area contributed by atoms with Crippen LogP contribution < -0.4 is 10.6 Å². The smallest absolute Gasteiger partial charge is 0.0713 e. The van der Waals surface area contributed by atoms with Crippen molar-refractivity contribution < 1.29 is 0 Å². The average molecular weight is 416 g/mol. The van der Waals surface area contributed by atoms with E-state index in [2.05, 4.69) is 91.3 Å². The van der Waals surface area contributed by atoms with Gasteiger partial charge >= 0.3 is 0 Å². The van der Waals surface area contributed by atoms with Crippen molar-refractivity contribution in [1.29, 1.82) is 0 Å². The number of benzene rings is 1. The lowest BCUT2D eigenvalue weighted by Gasteiger charge is -2.40. The molecule has 1 atom stereocenters. The van der Waals surface area contributed by atoms with Crippen molar-refractivity contribution in [3.05, 3.63) is 64.7 Å². The van der Waals surface area contributed by atoms with Gasteiger partial charge < -0.3 is 4.90 Å². The third kappa shape index (κ3) is 4.99. The van der Waals surface area contributed by atoms with Crippen LogP contribution >= 0.6 is 0 Å². The summed E-state index contributed by atoms with van der Waals surface area (Å²) < 4.78 is 0. The van der Waals surface area contributed by atoms with Crippen LogP contribution in [0.3, 0.4) is 0 Å². The summed E-state index contributed by atoms with van der Waals surface area (Å²) in [6.07, 6.45) is 13.7. The van der Waals surface area contributed by atoms with E-state index in [1.807, 2.05) is 0 Å². The molecular formula is C28H37N3. The fraction of sp³-hybridized carbons (Fsp3) is 0.464. The average Bonchev–Trinajstić information content (AvgIpc) is 3.08. The zero-order valence-corrected chi connectivity index (χ0v) is 19.4. The van der Waals surface area contributed by atoms with Gasteiger partial charge in [-0.3, -0.25) is 4.90 Å². The minimum Gasteiger partial charge on any atom is -0.301 e. The number of pyridine rings is 1. The van der Waals surface area contributed by atoms with Crippen molar-refractivity contribution in [3.8, 4) is 11.3 Å². The normalized spacial score (nSPS) is 18.2. The van der Waals surface area contributed by atoms with Crippen LogP contribution in [0.2, 0.25) is 0 Å². The molecule has 0 radical (unpaired) electrons. The van der Waals surface area contributed by atoms with Gasteiger partial charge in [-0.05, 0) is 63.4 Å². The van der Waals surface area contributed by atoms with E-state index in [1.54, 1.807) is 0 Å². The Labute approximate surface area is 187 Å². The number of aromatic nitrogens is 1. The van der Waals surface area contributed by atoms with Crippen LogP contribution in [-0.2, 0) is 0 Å². The van der Waals surface area contributed by atoms with Crippen molar-refractivity contribution in [2.45, 2.75) is 58.5 Å². The van der Waals surface area contributed by atoms with Crippen molar-refractivity contribution in [1.82, 2.24) is 14.8 Å². The first kappa shape index (κ1) is 22.0. The zero-order valence-electron chi connectivity index (χ0n) is 19.4. The summed E-state index contributed by atoms with van der Waals surface area (Å²) in [6, 6.07) is 14.1. The Kier molecular flexibility index (Phi) is 7.37. The van der Waals surface area contributed by atoms with E-state index in [1.165, 1.54) is 61.8 Å². The van der Waals surface area contributed by atoms with Crippen LogP contribution in [0.15, 0.2) is 48.6 Å². The minimum absolute atomic E-state index is 0.393. The molecule has 0 saturated carbocycles. The van der Waals surface area contributed by atoms with Gasteiger partial charge in [0.1, 0.15) is 0 Å². The fourth-order valence-electron chi connectivity index (χ4n) is 5.19. The van der Waals surface area contributed by atoms with Crippen LogP contribution in [0.1, 0.15) is 58.1 Å². The van der Waals surface area contributed by atoms with Crippen LogP contribution in [-0.4, -0.2) is 47.0 Å². The second-order valence-corrected chi connectivity index (χ2v) is 8.87. The predicted molar refractivity (Wildman–Crippen MR) is 132 cm³/mol. The van der Waals surface area contributed by atoms with Gasteiger partial charge in [0.25, 0.3) is 0 Å². The molecule has 2 aromatic rings. The minimum atomic E-state index is 0.393. The molecule has 0 amide bonds. The molecule has 2 heterocycles. The predicted octanol–water partition coefficient (Wildman–Crippen LogP) is 4.53. The highest BCUT2D eigenvalue weighted by Crippen LogP contribution is 2.26. The van der Waals surface area contributed by atoms with Gasteiger partial charge in [-0.1, -0.05) is 62.4 Å². The molecule has 1 unspecified atom stereocenters. The number of piperidine rings is 1. The molecule has 0 spiro atoms. The monoisotopic (exact) mass is 415 g/mol. The first-order chi connectivity index (χ1) is 15.2. The first-order valence-electron chi connectivity index (χ1n) is 12.1. The van der Waals surface area contributed by atoms with Gasteiger partial charge in [0.2, 0.25) is 0 Å². The van der Waals surface area contributed by atoms with Crippen LogP contribution in [0.25, 0.3) is 23.4 Å². The number of hydrogen-bond acceptors (Lipinski definition) is 3. The van der Waals surface area contributed by atoms with E-state index in [0.717, 1.165) is 23.5 Å².